The van der Waals surface area contributed by atoms with Crippen molar-refractivity contribution in [3.63, 3.8) is 0 Å². The molecule has 0 bridgehead atoms. The molecule has 0 aromatic carbocycles. The molecular weight excluding hydrogens is 126 g/mol. The van der Waals surface area contributed by atoms with E-state index in [1.165, 1.54) is 0 Å². The van der Waals surface area contributed by atoms with Gasteiger partial charge < -0.3 is 4.79 Å². The number of nitrogens with zero attached hydrogens (tertiary/aromatic N) is 1. The summed E-state index contributed by atoms with van der Waals surface area (Å²) in [5.41, 5.74) is 0.680. The average molecular weight is 133 g/mol. The van der Waals surface area contributed by atoms with Gasteiger partial charge in [-0.2, -0.15) is 5.26 Å². The standard InChI is InChI=1S/C8H7NO/c9-5-7-2-1-3-8(4-7)6-10/h1-3,6,8H,4H2. The summed E-state index contributed by atoms with van der Waals surface area (Å²) in [6.07, 6.45) is 6.71. The maximum Gasteiger partial charge on any atom is 0.127 e. The Bertz CT molecular complexity index is 232. The molecule has 50 valence electrons. The molecule has 0 amide bonds. The zero-order valence-electron chi connectivity index (χ0n) is 5.45. The first-order valence-electron chi connectivity index (χ1n) is 3.09. The maximum atomic E-state index is 10.2. The van der Waals surface area contributed by atoms with Crippen LogP contribution < -0.4 is 0 Å². The number of carbonyl (C=O) groups excluding carboxylic acids is 1. The summed E-state index contributed by atoms with van der Waals surface area (Å²) >= 11 is 0. The lowest BCUT2D eigenvalue weighted by molar-refractivity contribution is -0.109. The van der Waals surface area contributed by atoms with Gasteiger partial charge in [-0.3, -0.25) is 0 Å². The van der Waals surface area contributed by atoms with Crippen LogP contribution in [0.2, 0.25) is 0 Å². The van der Waals surface area contributed by atoms with E-state index in [9.17, 15) is 4.79 Å². The van der Waals surface area contributed by atoms with Crippen molar-refractivity contribution in [2.75, 3.05) is 0 Å². The minimum atomic E-state index is -0.0837. The Kier molecular flexibility index (Phi) is 2.01. The van der Waals surface area contributed by atoms with E-state index in [0.717, 1.165) is 6.29 Å². The van der Waals surface area contributed by atoms with Gasteiger partial charge in [0, 0.05) is 11.5 Å². The van der Waals surface area contributed by atoms with Gasteiger partial charge in [0.1, 0.15) is 6.29 Å². The Morgan fingerprint density at radius 1 is 1.80 bits per heavy atom. The number of allylic oxidation sites excluding steroid dienone is 4. The fourth-order valence-corrected chi connectivity index (χ4v) is 0.881. The van der Waals surface area contributed by atoms with Crippen molar-refractivity contribution in [3.05, 3.63) is 23.8 Å². The van der Waals surface area contributed by atoms with Crippen molar-refractivity contribution in [3.8, 4) is 6.07 Å². The van der Waals surface area contributed by atoms with Gasteiger partial charge in [-0.15, -0.1) is 0 Å². The van der Waals surface area contributed by atoms with Crippen LogP contribution in [0.15, 0.2) is 23.8 Å². The second kappa shape index (κ2) is 2.98. The molecule has 2 nitrogen and oxygen atoms in total. The second-order valence-corrected chi connectivity index (χ2v) is 2.19. The highest BCUT2D eigenvalue weighted by atomic mass is 16.1. The largest absolute Gasteiger partial charge is 0.303 e. The summed E-state index contributed by atoms with van der Waals surface area (Å²) in [5, 5.41) is 8.44. The summed E-state index contributed by atoms with van der Waals surface area (Å²) in [5.74, 6) is -0.0837. The molecule has 0 aromatic heterocycles. The molecule has 1 aliphatic rings. The number of hydrogen-bond donors (Lipinski definition) is 0. The van der Waals surface area contributed by atoms with Crippen molar-refractivity contribution in [1.29, 1.82) is 5.26 Å². The molecule has 0 radical (unpaired) electrons. The highest BCUT2D eigenvalue weighted by Crippen LogP contribution is 2.15. The van der Waals surface area contributed by atoms with Crippen LogP contribution in [0.3, 0.4) is 0 Å². The number of carbonyl (C=O) groups is 1. The van der Waals surface area contributed by atoms with Crippen LogP contribution in [0.1, 0.15) is 6.42 Å². The van der Waals surface area contributed by atoms with E-state index in [2.05, 4.69) is 0 Å². The van der Waals surface area contributed by atoms with Gasteiger partial charge in [0.2, 0.25) is 0 Å². The van der Waals surface area contributed by atoms with E-state index in [-0.39, 0.29) is 5.92 Å². The summed E-state index contributed by atoms with van der Waals surface area (Å²) in [7, 11) is 0. The van der Waals surface area contributed by atoms with Gasteiger partial charge in [-0.1, -0.05) is 12.2 Å². The molecule has 0 heterocycles. The highest BCUT2D eigenvalue weighted by Gasteiger charge is 2.08. The zero-order chi connectivity index (χ0) is 7.40. The van der Waals surface area contributed by atoms with E-state index in [1.807, 2.05) is 6.07 Å². The summed E-state index contributed by atoms with van der Waals surface area (Å²) in [6.45, 7) is 0. The first-order chi connectivity index (χ1) is 4.86. The predicted octanol–water partition coefficient (Wildman–Crippen LogP) is 1.21. The third-order valence-corrected chi connectivity index (χ3v) is 1.43. The number of hydrogen-bond acceptors (Lipinski definition) is 2. The molecule has 1 unspecified atom stereocenters. The third kappa shape index (κ3) is 1.32. The van der Waals surface area contributed by atoms with Gasteiger partial charge in [0.25, 0.3) is 0 Å². The van der Waals surface area contributed by atoms with Crippen LogP contribution in [0.4, 0.5) is 0 Å². The molecule has 0 aliphatic heterocycles. The van der Waals surface area contributed by atoms with Gasteiger partial charge >= 0.3 is 0 Å². The third-order valence-electron chi connectivity index (χ3n) is 1.43. The minimum absolute atomic E-state index is 0.0837. The van der Waals surface area contributed by atoms with Gasteiger partial charge in [-0.25, -0.2) is 0 Å². The zero-order valence-corrected chi connectivity index (χ0v) is 5.45. The van der Waals surface area contributed by atoms with E-state index in [0.29, 0.717) is 12.0 Å². The number of aldehydes is 1. The molecule has 0 spiro atoms. The SMILES string of the molecule is N#CC1=CC=CC(C=O)C1. The molecule has 2 heteroatoms. The van der Waals surface area contributed by atoms with E-state index in [4.69, 9.17) is 5.26 Å². The Balaban J connectivity index is 2.69. The van der Waals surface area contributed by atoms with E-state index < -0.39 is 0 Å². The number of nitriles is 1. The topological polar surface area (TPSA) is 40.9 Å². The summed E-state index contributed by atoms with van der Waals surface area (Å²) in [6, 6.07) is 2.02. The van der Waals surface area contributed by atoms with Crippen molar-refractivity contribution < 1.29 is 4.79 Å². The first kappa shape index (κ1) is 6.76. The molecule has 0 N–H and O–H groups in total. The first-order valence-corrected chi connectivity index (χ1v) is 3.09. The normalized spacial score (nSPS) is 23.1. The summed E-state index contributed by atoms with van der Waals surface area (Å²) in [4.78, 5) is 10.2. The summed E-state index contributed by atoms with van der Waals surface area (Å²) < 4.78 is 0. The van der Waals surface area contributed by atoms with Crippen molar-refractivity contribution >= 4 is 6.29 Å². The maximum absolute atomic E-state index is 10.2. The Morgan fingerprint density at radius 2 is 2.60 bits per heavy atom. The van der Waals surface area contributed by atoms with Gasteiger partial charge in [-0.05, 0) is 12.5 Å². The Labute approximate surface area is 59.5 Å². The molecule has 0 aromatic rings. The molecule has 0 saturated carbocycles. The highest BCUT2D eigenvalue weighted by molar-refractivity contribution is 5.59. The fraction of sp³-hybridized carbons (Fsp3) is 0.250. The van der Waals surface area contributed by atoms with E-state index in [1.54, 1.807) is 18.2 Å². The van der Waals surface area contributed by atoms with Crippen molar-refractivity contribution in [1.82, 2.24) is 0 Å². The van der Waals surface area contributed by atoms with E-state index >= 15 is 0 Å². The minimum Gasteiger partial charge on any atom is -0.303 e. The van der Waals surface area contributed by atoms with Crippen LogP contribution in [0.5, 0.6) is 0 Å². The lowest BCUT2D eigenvalue weighted by atomic mass is 9.97. The van der Waals surface area contributed by atoms with Crippen molar-refractivity contribution in [2.24, 2.45) is 5.92 Å². The molecule has 0 fully saturated rings. The van der Waals surface area contributed by atoms with Crippen molar-refractivity contribution in [2.45, 2.75) is 6.42 Å². The van der Waals surface area contributed by atoms with Crippen LogP contribution in [-0.2, 0) is 4.79 Å². The molecule has 1 rings (SSSR count). The number of rotatable bonds is 1. The van der Waals surface area contributed by atoms with Gasteiger partial charge in [0.15, 0.2) is 0 Å². The molecular formula is C8H7NO. The fourth-order valence-electron chi connectivity index (χ4n) is 0.881. The molecule has 1 atom stereocenters. The monoisotopic (exact) mass is 133 g/mol. The quantitative estimate of drug-likeness (QED) is 0.504. The van der Waals surface area contributed by atoms with Crippen LogP contribution >= 0.6 is 0 Å². The lowest BCUT2D eigenvalue weighted by Gasteiger charge is -2.05. The van der Waals surface area contributed by atoms with Gasteiger partial charge in [0.05, 0.1) is 6.07 Å². The average Bonchev–Trinajstić information content (AvgIpc) is 2.05. The smallest absolute Gasteiger partial charge is 0.127 e. The molecule has 1 aliphatic carbocycles. The lowest BCUT2D eigenvalue weighted by Crippen LogP contribution is -2.01. The van der Waals surface area contributed by atoms with Crippen LogP contribution in [-0.4, -0.2) is 6.29 Å². The molecule has 0 saturated heterocycles. The van der Waals surface area contributed by atoms with Crippen LogP contribution in [0, 0.1) is 17.2 Å². The second-order valence-electron chi connectivity index (χ2n) is 2.19. The molecule has 10 heavy (non-hydrogen) atoms. The Hall–Kier alpha value is -1.36. The predicted molar refractivity (Wildman–Crippen MR) is 37.0 cm³/mol. The Morgan fingerprint density at radius 3 is 3.20 bits per heavy atom. The van der Waals surface area contributed by atoms with Crippen LogP contribution in [0.25, 0.3) is 0 Å².